The Balaban J connectivity index is 1.51. The molecule has 0 unspecified atom stereocenters. The van der Waals surface area contributed by atoms with Gasteiger partial charge in [0.15, 0.2) is 0 Å². The van der Waals surface area contributed by atoms with E-state index in [9.17, 15) is 4.79 Å². The number of urea groups is 1. The summed E-state index contributed by atoms with van der Waals surface area (Å²) >= 11 is 0. The summed E-state index contributed by atoms with van der Waals surface area (Å²) in [6.07, 6.45) is 4.93. The second-order valence-electron chi connectivity index (χ2n) is 5.57. The number of carbonyl (C=O) groups excluding carboxylic acids is 1. The van der Waals surface area contributed by atoms with Crippen LogP contribution in [0.2, 0.25) is 0 Å². The minimum Gasteiger partial charge on any atom is -0.490 e. The van der Waals surface area contributed by atoms with Crippen LogP contribution in [-0.4, -0.2) is 22.3 Å². The molecule has 1 aliphatic rings. The van der Waals surface area contributed by atoms with Crippen molar-refractivity contribution in [3.05, 3.63) is 36.0 Å². The first-order valence-electron chi connectivity index (χ1n) is 7.79. The normalized spacial score (nSPS) is 14.7. The molecule has 0 radical (unpaired) electrons. The van der Waals surface area contributed by atoms with Gasteiger partial charge in [0.25, 0.3) is 0 Å². The van der Waals surface area contributed by atoms with Gasteiger partial charge < -0.3 is 19.8 Å². The summed E-state index contributed by atoms with van der Waals surface area (Å²) in [5, 5.41) is 13.0. The lowest BCUT2D eigenvalue weighted by molar-refractivity contribution is 0.210. The summed E-state index contributed by atoms with van der Waals surface area (Å²) in [4.78, 5) is 11.9. The largest absolute Gasteiger partial charge is 0.490 e. The van der Waals surface area contributed by atoms with E-state index in [1.807, 2.05) is 24.3 Å². The molecular formula is C16H20N4O3. The fraction of sp³-hybridized carbons (Fsp3) is 0.438. The zero-order valence-electron chi connectivity index (χ0n) is 13.0. The fourth-order valence-corrected chi connectivity index (χ4v) is 2.59. The Morgan fingerprint density at radius 1 is 1.35 bits per heavy atom. The molecule has 1 saturated carbocycles. The first-order chi connectivity index (χ1) is 11.2. The monoisotopic (exact) mass is 316 g/mol. The molecule has 3 rings (SSSR count). The van der Waals surface area contributed by atoms with Crippen molar-refractivity contribution in [2.75, 3.05) is 5.32 Å². The first-order valence-corrected chi connectivity index (χ1v) is 7.79. The number of carbonyl (C=O) groups is 1. The van der Waals surface area contributed by atoms with Gasteiger partial charge in [0.1, 0.15) is 5.75 Å². The number of hydrogen-bond acceptors (Lipinski definition) is 5. The van der Waals surface area contributed by atoms with E-state index in [-0.39, 0.29) is 12.6 Å². The van der Waals surface area contributed by atoms with Crippen molar-refractivity contribution in [1.82, 2.24) is 15.5 Å². The molecule has 1 fully saturated rings. The van der Waals surface area contributed by atoms with Crippen LogP contribution >= 0.6 is 0 Å². The topological polar surface area (TPSA) is 89.3 Å². The molecule has 0 spiro atoms. The molecule has 7 heteroatoms. The lowest BCUT2D eigenvalue weighted by atomic mass is 10.2. The first kappa shape index (κ1) is 15.3. The maximum atomic E-state index is 11.9. The quantitative estimate of drug-likeness (QED) is 0.885. The molecule has 1 heterocycles. The minimum atomic E-state index is -0.334. The highest BCUT2D eigenvalue weighted by atomic mass is 16.5. The summed E-state index contributed by atoms with van der Waals surface area (Å²) in [5.41, 5.74) is 0.680. The number of aromatic nitrogens is 2. The molecular weight excluding hydrogens is 296 g/mol. The van der Waals surface area contributed by atoms with E-state index in [1.54, 1.807) is 6.92 Å². The van der Waals surface area contributed by atoms with E-state index in [0.717, 1.165) is 18.6 Å². The van der Waals surface area contributed by atoms with Crippen LogP contribution in [0.15, 0.2) is 28.7 Å². The predicted octanol–water partition coefficient (Wildman–Crippen LogP) is 3.02. The van der Waals surface area contributed by atoms with Crippen molar-refractivity contribution >= 4 is 11.7 Å². The maximum absolute atomic E-state index is 11.9. The van der Waals surface area contributed by atoms with E-state index < -0.39 is 0 Å². The van der Waals surface area contributed by atoms with Gasteiger partial charge in [-0.05, 0) is 37.8 Å². The Kier molecular flexibility index (Phi) is 4.75. The van der Waals surface area contributed by atoms with Crippen LogP contribution in [0.5, 0.6) is 5.75 Å². The van der Waals surface area contributed by atoms with Crippen LogP contribution in [0.1, 0.15) is 37.5 Å². The second kappa shape index (κ2) is 7.13. The molecule has 122 valence electrons. The lowest BCUT2D eigenvalue weighted by Crippen LogP contribution is -2.28. The number of aryl methyl sites for hydroxylation is 1. The van der Waals surface area contributed by atoms with E-state index in [2.05, 4.69) is 20.8 Å². The highest BCUT2D eigenvalue weighted by Gasteiger charge is 2.16. The van der Waals surface area contributed by atoms with E-state index in [1.165, 1.54) is 12.8 Å². The highest BCUT2D eigenvalue weighted by molar-refractivity contribution is 5.89. The SMILES string of the molecule is Cc1nnc(CNC(=O)Nc2cccc(OC3CCCC3)c2)o1. The van der Waals surface area contributed by atoms with Gasteiger partial charge in [-0.1, -0.05) is 6.07 Å². The molecule has 2 N–H and O–H groups in total. The summed E-state index contributed by atoms with van der Waals surface area (Å²) in [6.45, 7) is 1.89. The fourth-order valence-electron chi connectivity index (χ4n) is 2.59. The molecule has 0 saturated heterocycles. The zero-order chi connectivity index (χ0) is 16.1. The van der Waals surface area contributed by atoms with Gasteiger partial charge in [0.2, 0.25) is 11.8 Å². The van der Waals surface area contributed by atoms with Crippen LogP contribution in [-0.2, 0) is 6.54 Å². The van der Waals surface area contributed by atoms with Gasteiger partial charge in [-0.3, -0.25) is 0 Å². The van der Waals surface area contributed by atoms with Crippen LogP contribution in [0.25, 0.3) is 0 Å². The van der Waals surface area contributed by atoms with Crippen molar-refractivity contribution in [3.8, 4) is 5.75 Å². The molecule has 2 amide bonds. The van der Waals surface area contributed by atoms with Gasteiger partial charge in [-0.25, -0.2) is 4.79 Å². The highest BCUT2D eigenvalue weighted by Crippen LogP contribution is 2.25. The Labute approximate surface area is 134 Å². The third kappa shape index (κ3) is 4.45. The summed E-state index contributed by atoms with van der Waals surface area (Å²) in [7, 11) is 0. The minimum absolute atomic E-state index is 0.185. The summed E-state index contributed by atoms with van der Waals surface area (Å²) in [6, 6.07) is 7.08. The number of amides is 2. The van der Waals surface area contributed by atoms with Crippen molar-refractivity contribution in [2.24, 2.45) is 0 Å². The molecule has 2 aromatic rings. The van der Waals surface area contributed by atoms with Crippen molar-refractivity contribution < 1.29 is 13.9 Å². The number of rotatable bonds is 5. The Bertz CT molecular complexity index is 665. The van der Waals surface area contributed by atoms with E-state index >= 15 is 0 Å². The molecule has 0 aliphatic heterocycles. The number of nitrogens with zero attached hydrogens (tertiary/aromatic N) is 2. The maximum Gasteiger partial charge on any atom is 0.319 e. The second-order valence-corrected chi connectivity index (χ2v) is 5.57. The number of nitrogens with one attached hydrogen (secondary N) is 2. The molecule has 0 bridgehead atoms. The third-order valence-electron chi connectivity index (χ3n) is 3.66. The molecule has 1 aromatic carbocycles. The van der Waals surface area contributed by atoms with E-state index in [4.69, 9.17) is 9.15 Å². The molecule has 7 nitrogen and oxygen atoms in total. The average molecular weight is 316 g/mol. The lowest BCUT2D eigenvalue weighted by Gasteiger charge is -2.14. The van der Waals surface area contributed by atoms with Crippen molar-refractivity contribution in [1.29, 1.82) is 0 Å². The number of ether oxygens (including phenoxy) is 1. The van der Waals surface area contributed by atoms with Gasteiger partial charge in [-0.2, -0.15) is 0 Å². The average Bonchev–Trinajstić information content (AvgIpc) is 3.17. The number of anilines is 1. The summed E-state index contributed by atoms with van der Waals surface area (Å²) in [5.74, 6) is 1.62. The molecule has 0 atom stereocenters. The smallest absolute Gasteiger partial charge is 0.319 e. The standard InChI is InChI=1S/C16H20N4O3/c1-11-19-20-15(22-11)10-17-16(21)18-12-5-4-8-14(9-12)23-13-6-2-3-7-13/h4-5,8-9,13H,2-3,6-7,10H2,1H3,(H2,17,18,21). The Hall–Kier alpha value is -2.57. The molecule has 1 aliphatic carbocycles. The summed E-state index contributed by atoms with van der Waals surface area (Å²) < 4.78 is 11.1. The van der Waals surface area contributed by atoms with E-state index in [0.29, 0.717) is 23.6 Å². The van der Waals surface area contributed by atoms with Crippen LogP contribution in [0, 0.1) is 6.92 Å². The molecule has 23 heavy (non-hydrogen) atoms. The van der Waals surface area contributed by atoms with Gasteiger partial charge in [0.05, 0.1) is 12.6 Å². The van der Waals surface area contributed by atoms with Crippen LogP contribution in [0.3, 0.4) is 0 Å². The van der Waals surface area contributed by atoms with Crippen LogP contribution in [0.4, 0.5) is 10.5 Å². The predicted molar refractivity (Wildman–Crippen MR) is 84.2 cm³/mol. The molecule has 1 aromatic heterocycles. The third-order valence-corrected chi connectivity index (χ3v) is 3.66. The van der Waals surface area contributed by atoms with Crippen molar-refractivity contribution in [2.45, 2.75) is 45.3 Å². The zero-order valence-corrected chi connectivity index (χ0v) is 13.0. The van der Waals surface area contributed by atoms with Gasteiger partial charge >= 0.3 is 6.03 Å². The van der Waals surface area contributed by atoms with Gasteiger partial charge in [0, 0.05) is 18.7 Å². The van der Waals surface area contributed by atoms with Crippen LogP contribution < -0.4 is 15.4 Å². The number of hydrogen-bond donors (Lipinski definition) is 2. The Morgan fingerprint density at radius 3 is 2.91 bits per heavy atom. The van der Waals surface area contributed by atoms with Gasteiger partial charge in [-0.15, -0.1) is 10.2 Å². The Morgan fingerprint density at radius 2 is 2.17 bits per heavy atom. The van der Waals surface area contributed by atoms with Crippen molar-refractivity contribution in [3.63, 3.8) is 0 Å². The number of benzene rings is 1.